The molecule has 3 aromatic carbocycles. The minimum Gasteiger partial charge on any atom is -0.507 e. The van der Waals surface area contributed by atoms with Crippen molar-refractivity contribution in [2.75, 3.05) is 0 Å². The number of carbonyl (C=O) groups excluding carboxylic acids is 3. The van der Waals surface area contributed by atoms with Gasteiger partial charge in [0.15, 0.2) is 0 Å². The monoisotopic (exact) mass is 1430 g/mol. The minimum absolute atomic E-state index is 0.0519. The molecule has 6 bridgehead atoms. The van der Waals surface area contributed by atoms with E-state index < -0.39 is 54.2 Å². The van der Waals surface area contributed by atoms with Crippen LogP contribution in [0, 0.1) is 286 Å². The molecule has 3 fully saturated rings. The van der Waals surface area contributed by atoms with Crippen molar-refractivity contribution in [3.63, 3.8) is 0 Å². The van der Waals surface area contributed by atoms with Crippen molar-refractivity contribution < 1.29 is 43.9 Å². The number of phenols is 3. The molecular weight excluding hydrogens is 1380 g/mol. The van der Waals surface area contributed by atoms with Gasteiger partial charge in [-0.3, -0.25) is 44.3 Å². The summed E-state index contributed by atoms with van der Waals surface area (Å²) in [7, 11) is 0. The summed E-state index contributed by atoms with van der Waals surface area (Å²) < 4.78 is 16.3. The molecule has 3 aliphatic carbocycles. The van der Waals surface area contributed by atoms with Crippen LogP contribution in [0.15, 0.2) is 66.4 Å². The highest BCUT2D eigenvalue weighted by molar-refractivity contribution is 5.96. The summed E-state index contributed by atoms with van der Waals surface area (Å²) in [5.74, 6) is 103. The fourth-order valence-corrected chi connectivity index (χ4v) is 10.5. The third kappa shape index (κ3) is 31.2. The molecule has 15 nitrogen and oxygen atoms in total. The molecular formula is C96H54N6O9. The maximum absolute atomic E-state index is 13.4. The zero-order chi connectivity index (χ0) is 78.4. The van der Waals surface area contributed by atoms with Crippen LogP contribution in [0.1, 0.15) is 128 Å². The van der Waals surface area contributed by atoms with Crippen molar-refractivity contribution in [3.8, 4) is 309 Å². The van der Waals surface area contributed by atoms with Crippen molar-refractivity contribution in [1.82, 2.24) is 0 Å². The quantitative estimate of drug-likeness (QED) is 0.131. The average molecular weight is 1440 g/mol. The van der Waals surface area contributed by atoms with Gasteiger partial charge in [-0.25, -0.2) is 0 Å². The van der Waals surface area contributed by atoms with Gasteiger partial charge in [0.25, 0.3) is 0 Å². The Bertz CT molecular complexity index is 5330. The number of rotatable bonds is 6. The highest BCUT2D eigenvalue weighted by atomic mass is 16.5. The third-order valence-electron chi connectivity index (χ3n) is 15.3. The average Bonchev–Trinajstić information content (AvgIpc) is 0.888. The third-order valence-corrected chi connectivity index (χ3v) is 15.3. The van der Waals surface area contributed by atoms with E-state index in [0.29, 0.717) is 49.7 Å². The molecule has 3 saturated carbocycles. The van der Waals surface area contributed by atoms with E-state index in [1.807, 2.05) is 0 Å². The van der Waals surface area contributed by atoms with E-state index in [-0.39, 0.29) is 75.6 Å². The summed E-state index contributed by atoms with van der Waals surface area (Å²) in [6.07, 6.45) is 36.6. The Morgan fingerprint density at radius 3 is 0.766 bits per heavy atom. The van der Waals surface area contributed by atoms with Crippen molar-refractivity contribution in [2.45, 2.75) is 133 Å². The van der Waals surface area contributed by atoms with Crippen molar-refractivity contribution in [1.29, 1.82) is 0 Å². The predicted molar refractivity (Wildman–Crippen MR) is 428 cm³/mol. The number of nitrogens with zero attached hydrogens (tertiary/aromatic N) is 6. The van der Waals surface area contributed by atoms with E-state index in [4.69, 9.17) is 63.4 Å². The summed E-state index contributed by atoms with van der Waals surface area (Å²) in [4.78, 5) is 70.3. The van der Waals surface area contributed by atoms with E-state index in [0.717, 1.165) is 38.5 Å². The SMILES string of the molecule is C#CC#CC#CC#CC#CC#CC#CC#CCC(=O)Oc1cc2c(O)c(c1)/C=N/C1CCCCC1/N=C/c1cc(CC(=O)OC#CC#CC#CC#CC#CC#CC#CC#C)cc(c1O)/C=N/C1CCCCC1/N=C/c1cc(CC(=O)OC#CC#CC#CC#CC#CC#CC#CC#C)cc(c1O)/C=N/C1CCCCC1/N=C/2. The van der Waals surface area contributed by atoms with Crippen LogP contribution in [0.25, 0.3) is 0 Å². The Kier molecular flexibility index (Phi) is 35.7. The molecule has 0 saturated heterocycles. The molecule has 1 aliphatic heterocycles. The Balaban J connectivity index is 1.25. The summed E-state index contributed by atoms with van der Waals surface area (Å²) in [6.45, 7) is 0. The summed E-state index contributed by atoms with van der Waals surface area (Å²) >= 11 is 0. The number of phenolic OH excluding ortho intramolecular Hbond substituents is 3. The fraction of sp³-hybridized carbons (Fsp3) is 0.219. The van der Waals surface area contributed by atoms with Crippen LogP contribution in [0.4, 0.5) is 0 Å². The molecule has 7 rings (SSSR count). The lowest BCUT2D eigenvalue weighted by atomic mass is 9.91. The Morgan fingerprint density at radius 2 is 0.523 bits per heavy atom. The van der Waals surface area contributed by atoms with E-state index in [9.17, 15) is 29.7 Å². The predicted octanol–water partition coefficient (Wildman–Crippen LogP) is 7.02. The molecule has 0 radical (unpaired) electrons. The molecule has 0 aromatic heterocycles. The number of terminal acetylenes is 3. The first-order valence-electron chi connectivity index (χ1n) is 33.7. The van der Waals surface area contributed by atoms with Gasteiger partial charge in [0.2, 0.25) is 0 Å². The highest BCUT2D eigenvalue weighted by Gasteiger charge is 2.28. The lowest BCUT2D eigenvalue weighted by molar-refractivity contribution is -0.137. The van der Waals surface area contributed by atoms with Crippen molar-refractivity contribution in [2.24, 2.45) is 30.0 Å². The van der Waals surface area contributed by atoms with Gasteiger partial charge < -0.3 is 29.5 Å². The molecule has 1 heterocycles. The van der Waals surface area contributed by atoms with Gasteiger partial charge in [0.1, 0.15) is 41.6 Å². The van der Waals surface area contributed by atoms with E-state index in [1.54, 1.807) is 36.7 Å². The number of hydrogen-bond acceptors (Lipinski definition) is 15. The maximum Gasteiger partial charge on any atom is 0.324 e. The number of carbonyl (C=O) groups is 3. The Labute approximate surface area is 648 Å². The lowest BCUT2D eigenvalue weighted by Crippen LogP contribution is -2.27. The summed E-state index contributed by atoms with van der Waals surface area (Å²) in [5, 5.41) is 36.3. The van der Waals surface area contributed by atoms with Crippen LogP contribution in [0.5, 0.6) is 23.0 Å². The van der Waals surface area contributed by atoms with Crippen molar-refractivity contribution in [3.05, 3.63) is 80.9 Å². The van der Waals surface area contributed by atoms with Crippen LogP contribution in [-0.2, 0) is 36.7 Å². The molecule has 3 N–H and O–H groups in total. The molecule has 111 heavy (non-hydrogen) atoms. The van der Waals surface area contributed by atoms with Gasteiger partial charge >= 0.3 is 17.9 Å². The van der Waals surface area contributed by atoms with E-state index in [2.05, 4.69) is 267 Å². The number of benzene rings is 3. The number of fused-ring (bicyclic) bond motifs is 9. The molecule has 6 atom stereocenters. The smallest absolute Gasteiger partial charge is 0.324 e. The van der Waals surface area contributed by atoms with Crippen LogP contribution >= 0.6 is 0 Å². The van der Waals surface area contributed by atoms with Gasteiger partial charge in [-0.05, 0) is 252 Å². The number of aromatic hydroxyl groups is 3. The second-order valence-electron chi connectivity index (χ2n) is 22.8. The first-order chi connectivity index (χ1) is 54.5. The normalized spacial score (nSPS) is 17.1. The summed E-state index contributed by atoms with van der Waals surface area (Å²) in [5.41, 5.74) is 2.31. The van der Waals surface area contributed by atoms with Gasteiger partial charge in [-0.2, -0.15) is 0 Å². The van der Waals surface area contributed by atoms with Crippen LogP contribution < -0.4 is 4.74 Å². The van der Waals surface area contributed by atoms with Gasteiger partial charge in [-0.15, -0.1) is 19.3 Å². The molecule has 522 valence electrons. The molecule has 0 amide bonds. The first kappa shape index (κ1) is 81.2. The molecule has 3 aromatic rings. The topological polar surface area (TPSA) is 214 Å². The van der Waals surface area contributed by atoms with Gasteiger partial charge in [-0.1, -0.05) is 44.4 Å². The van der Waals surface area contributed by atoms with Crippen LogP contribution in [0.2, 0.25) is 0 Å². The van der Waals surface area contributed by atoms with Gasteiger partial charge in [0, 0.05) is 154 Å². The minimum atomic E-state index is -0.734. The Hall–Kier alpha value is -17.1. The second kappa shape index (κ2) is 48.7. The van der Waals surface area contributed by atoms with Crippen molar-refractivity contribution >= 4 is 55.2 Å². The Morgan fingerprint density at radius 1 is 0.306 bits per heavy atom. The first-order valence-corrected chi connectivity index (χ1v) is 33.7. The number of esters is 3. The molecule has 15 heteroatoms. The molecule has 0 spiro atoms. The zero-order valence-corrected chi connectivity index (χ0v) is 59.2. The molecule has 4 aliphatic rings. The number of aliphatic imine (C=N–C) groups is 6. The second-order valence-corrected chi connectivity index (χ2v) is 22.8. The van der Waals surface area contributed by atoms with Gasteiger partial charge in [0.05, 0.1) is 49.1 Å². The number of ether oxygens (including phenoxy) is 3. The standard InChI is InChI=1S/C96H54N6O9/c1-4-7-10-13-16-19-22-25-28-29-32-35-38-41-44-59-91(103)111-84-68-82-74-101-89-57-49-47-55-87(89)99-72-80-64-76(66-92(104)109-60-51-42-39-36-33-30-26-23-20-17-14-11-8-5-2)62-78(94(80)106)70-97-85-53-45-46-54-86(85)98-71-79-63-77(67-93(105)110-61-52-43-40-37-34-31-27-24-21-18-15-12-9-6-3)65-81(95(79)107)73-100-88-56-48-50-58-90(88)102-75-83(69-84)96(82)108/h1-3,62-65,68-75,85-90,106-108H,45-50,53-59,66-67H2/b97-70+,98-71+,99-72+,100-73+,101-74+,102-75+. The van der Waals surface area contributed by atoms with E-state index in [1.165, 1.54) is 37.0 Å². The van der Waals surface area contributed by atoms with E-state index >= 15 is 0 Å². The highest BCUT2D eigenvalue weighted by Crippen LogP contribution is 2.33. The summed E-state index contributed by atoms with van der Waals surface area (Å²) in [6, 6.07) is 6.95. The number of hydrogen-bond donors (Lipinski definition) is 3. The van der Waals surface area contributed by atoms with Crippen LogP contribution in [-0.4, -0.2) is 107 Å². The largest absolute Gasteiger partial charge is 0.507 e. The molecule has 6 unspecified atom stereocenters. The lowest BCUT2D eigenvalue weighted by Gasteiger charge is -2.26. The zero-order valence-electron chi connectivity index (χ0n) is 59.2. The maximum atomic E-state index is 13.4. The van der Waals surface area contributed by atoms with Crippen LogP contribution in [0.3, 0.4) is 0 Å². The fourth-order valence-electron chi connectivity index (χ4n) is 10.5.